The molecule has 0 aliphatic heterocycles. The molecule has 1 fully saturated rings. The Kier molecular flexibility index (Phi) is 3.44. The van der Waals surface area contributed by atoms with Crippen LogP contribution in [0.1, 0.15) is 31.0 Å². The minimum atomic E-state index is 0.765. The predicted molar refractivity (Wildman–Crippen MR) is 67.8 cm³/mol. The number of anilines is 1. The van der Waals surface area contributed by atoms with Crippen LogP contribution in [0.15, 0.2) is 12.1 Å². The Balaban J connectivity index is 2.11. The van der Waals surface area contributed by atoms with Crippen LogP contribution in [-0.4, -0.2) is 25.1 Å². The normalized spacial score (nSPS) is 15.2. The zero-order valence-corrected chi connectivity index (χ0v) is 10.5. The van der Waals surface area contributed by atoms with Gasteiger partial charge < -0.3 is 10.2 Å². The molecule has 88 valence electrons. The largest absolute Gasteiger partial charge is 0.363 e. The Morgan fingerprint density at radius 2 is 2.12 bits per heavy atom. The summed E-state index contributed by atoms with van der Waals surface area (Å²) < 4.78 is 0. The van der Waals surface area contributed by atoms with Crippen LogP contribution in [0.3, 0.4) is 0 Å². The lowest BCUT2D eigenvalue weighted by molar-refractivity contribution is 0.686. The molecule has 1 aliphatic carbocycles. The van der Waals surface area contributed by atoms with E-state index in [0.29, 0.717) is 0 Å². The van der Waals surface area contributed by atoms with Crippen LogP contribution in [0.5, 0.6) is 0 Å². The fourth-order valence-electron chi connectivity index (χ4n) is 1.70. The molecule has 0 radical (unpaired) electrons. The van der Waals surface area contributed by atoms with E-state index in [1.54, 1.807) is 0 Å². The standard InChI is InChI=1S/C13H21N3/c1-4-11-7-10(9-14-12-5-6-12)8-13(15-11)16(2)3/h7-8,12,14H,4-6,9H2,1-3H3. The number of pyridine rings is 1. The zero-order valence-electron chi connectivity index (χ0n) is 10.5. The molecule has 3 heteroatoms. The van der Waals surface area contributed by atoms with Crippen molar-refractivity contribution in [3.63, 3.8) is 0 Å². The van der Waals surface area contributed by atoms with Gasteiger partial charge >= 0.3 is 0 Å². The summed E-state index contributed by atoms with van der Waals surface area (Å²) in [6.07, 6.45) is 3.68. The van der Waals surface area contributed by atoms with Gasteiger partial charge in [0, 0.05) is 32.4 Å². The van der Waals surface area contributed by atoms with Gasteiger partial charge in [0.05, 0.1) is 0 Å². The highest BCUT2D eigenvalue weighted by molar-refractivity contribution is 5.41. The Morgan fingerprint density at radius 1 is 1.38 bits per heavy atom. The average molecular weight is 219 g/mol. The topological polar surface area (TPSA) is 28.2 Å². The van der Waals surface area contributed by atoms with Crippen LogP contribution >= 0.6 is 0 Å². The van der Waals surface area contributed by atoms with E-state index in [1.165, 1.54) is 24.1 Å². The highest BCUT2D eigenvalue weighted by Crippen LogP contribution is 2.20. The molecule has 1 N–H and O–H groups in total. The summed E-state index contributed by atoms with van der Waals surface area (Å²) in [5.74, 6) is 1.06. The van der Waals surface area contributed by atoms with E-state index in [-0.39, 0.29) is 0 Å². The molecule has 1 aromatic rings. The van der Waals surface area contributed by atoms with Crippen LogP contribution in [-0.2, 0) is 13.0 Å². The van der Waals surface area contributed by atoms with E-state index in [4.69, 9.17) is 0 Å². The highest BCUT2D eigenvalue weighted by Gasteiger charge is 2.20. The van der Waals surface area contributed by atoms with E-state index >= 15 is 0 Å². The van der Waals surface area contributed by atoms with Crippen LogP contribution in [0, 0.1) is 0 Å². The smallest absolute Gasteiger partial charge is 0.128 e. The second-order valence-electron chi connectivity index (χ2n) is 4.73. The Bertz CT molecular complexity index is 356. The third kappa shape index (κ3) is 2.95. The Morgan fingerprint density at radius 3 is 2.69 bits per heavy atom. The first-order valence-electron chi connectivity index (χ1n) is 6.09. The molecule has 0 atom stereocenters. The maximum Gasteiger partial charge on any atom is 0.128 e. The van der Waals surface area contributed by atoms with Crippen molar-refractivity contribution in [2.24, 2.45) is 0 Å². The van der Waals surface area contributed by atoms with Gasteiger partial charge in [0.2, 0.25) is 0 Å². The van der Waals surface area contributed by atoms with Gasteiger partial charge in [-0.25, -0.2) is 4.98 Å². The van der Waals surface area contributed by atoms with Gasteiger partial charge in [-0.3, -0.25) is 0 Å². The fraction of sp³-hybridized carbons (Fsp3) is 0.615. The number of rotatable bonds is 5. The van der Waals surface area contributed by atoms with Crippen molar-refractivity contribution in [1.29, 1.82) is 0 Å². The van der Waals surface area contributed by atoms with Crippen molar-refractivity contribution in [1.82, 2.24) is 10.3 Å². The number of aromatic nitrogens is 1. The molecule has 1 heterocycles. The second-order valence-corrected chi connectivity index (χ2v) is 4.73. The predicted octanol–water partition coefficient (Wildman–Crippen LogP) is 1.96. The molecule has 0 amide bonds. The molecule has 2 rings (SSSR count). The monoisotopic (exact) mass is 219 g/mol. The maximum absolute atomic E-state index is 4.59. The molecule has 1 aliphatic rings. The fourth-order valence-corrected chi connectivity index (χ4v) is 1.70. The summed E-state index contributed by atoms with van der Waals surface area (Å²) >= 11 is 0. The maximum atomic E-state index is 4.59. The van der Waals surface area contributed by atoms with Gasteiger partial charge in [-0.15, -0.1) is 0 Å². The summed E-state index contributed by atoms with van der Waals surface area (Å²) in [7, 11) is 4.08. The van der Waals surface area contributed by atoms with Crippen LogP contribution < -0.4 is 10.2 Å². The molecule has 0 aromatic carbocycles. The van der Waals surface area contributed by atoms with Gasteiger partial charge in [0.15, 0.2) is 0 Å². The third-order valence-electron chi connectivity index (χ3n) is 2.92. The summed E-state index contributed by atoms with van der Waals surface area (Å²) in [5.41, 5.74) is 2.53. The van der Waals surface area contributed by atoms with Crippen molar-refractivity contribution in [2.75, 3.05) is 19.0 Å². The van der Waals surface area contributed by atoms with Gasteiger partial charge in [-0.2, -0.15) is 0 Å². The Labute approximate surface area is 97.9 Å². The molecule has 16 heavy (non-hydrogen) atoms. The van der Waals surface area contributed by atoms with E-state index in [2.05, 4.69) is 34.3 Å². The number of hydrogen-bond donors (Lipinski definition) is 1. The summed E-state index contributed by atoms with van der Waals surface area (Å²) in [5, 5.41) is 3.54. The highest BCUT2D eigenvalue weighted by atomic mass is 15.1. The first-order chi connectivity index (χ1) is 7.69. The van der Waals surface area contributed by atoms with Crippen LogP contribution in [0.25, 0.3) is 0 Å². The number of hydrogen-bond acceptors (Lipinski definition) is 3. The minimum absolute atomic E-state index is 0.765. The van der Waals surface area contributed by atoms with E-state index in [1.807, 2.05) is 14.1 Å². The molecule has 1 saturated carbocycles. The van der Waals surface area contributed by atoms with Crippen molar-refractivity contribution < 1.29 is 0 Å². The summed E-state index contributed by atoms with van der Waals surface area (Å²) in [6.45, 7) is 3.13. The van der Waals surface area contributed by atoms with Crippen molar-refractivity contribution in [3.05, 3.63) is 23.4 Å². The Hall–Kier alpha value is -1.09. The quantitative estimate of drug-likeness (QED) is 0.820. The lowest BCUT2D eigenvalue weighted by Crippen LogP contribution is -2.17. The average Bonchev–Trinajstić information content (AvgIpc) is 3.09. The number of nitrogens with zero attached hydrogens (tertiary/aromatic N) is 2. The zero-order chi connectivity index (χ0) is 11.5. The van der Waals surface area contributed by atoms with Gasteiger partial charge in [-0.1, -0.05) is 6.92 Å². The molecule has 0 saturated heterocycles. The molecule has 0 unspecified atom stereocenters. The lowest BCUT2D eigenvalue weighted by Gasteiger charge is -2.14. The lowest BCUT2D eigenvalue weighted by atomic mass is 10.2. The van der Waals surface area contributed by atoms with Crippen LogP contribution in [0.4, 0.5) is 5.82 Å². The van der Waals surface area contributed by atoms with Gasteiger partial charge in [0.1, 0.15) is 5.82 Å². The minimum Gasteiger partial charge on any atom is -0.363 e. The second kappa shape index (κ2) is 4.83. The first-order valence-corrected chi connectivity index (χ1v) is 6.09. The molecule has 0 spiro atoms. The summed E-state index contributed by atoms with van der Waals surface area (Å²) in [4.78, 5) is 6.66. The van der Waals surface area contributed by atoms with Gasteiger partial charge in [0.25, 0.3) is 0 Å². The first kappa shape index (κ1) is 11.4. The number of nitrogens with one attached hydrogen (secondary N) is 1. The summed E-state index contributed by atoms with van der Waals surface area (Å²) in [6, 6.07) is 5.15. The van der Waals surface area contributed by atoms with Crippen molar-refractivity contribution in [3.8, 4) is 0 Å². The number of aryl methyl sites for hydroxylation is 1. The van der Waals surface area contributed by atoms with E-state index in [9.17, 15) is 0 Å². The van der Waals surface area contributed by atoms with E-state index in [0.717, 1.165) is 24.8 Å². The molecule has 0 bridgehead atoms. The van der Waals surface area contributed by atoms with Gasteiger partial charge in [-0.05, 0) is 37.0 Å². The molecule has 3 nitrogen and oxygen atoms in total. The molecular weight excluding hydrogens is 198 g/mol. The van der Waals surface area contributed by atoms with Crippen molar-refractivity contribution >= 4 is 5.82 Å². The van der Waals surface area contributed by atoms with Crippen molar-refractivity contribution in [2.45, 2.75) is 38.8 Å². The molecular formula is C13H21N3. The SMILES string of the molecule is CCc1cc(CNC2CC2)cc(N(C)C)n1. The molecule has 1 aromatic heterocycles. The van der Waals surface area contributed by atoms with Crippen LogP contribution in [0.2, 0.25) is 0 Å². The third-order valence-corrected chi connectivity index (χ3v) is 2.92. The van der Waals surface area contributed by atoms with E-state index < -0.39 is 0 Å².